The van der Waals surface area contributed by atoms with E-state index < -0.39 is 49.3 Å². The molecule has 1 aliphatic rings. The second-order valence-corrected chi connectivity index (χ2v) is 6.60. The Labute approximate surface area is 157 Å². The molecule has 0 radical (unpaired) electrons. The molecule has 0 aromatic heterocycles. The number of hydrogen-bond acceptors (Lipinski definition) is 9. The maximum atomic E-state index is 10.3. The molecule has 0 bridgehead atoms. The lowest BCUT2D eigenvalue weighted by molar-refractivity contribution is -0.235. The first-order valence-corrected chi connectivity index (χ1v) is 8.74. The van der Waals surface area contributed by atoms with Crippen molar-refractivity contribution in [1.82, 2.24) is 0 Å². The van der Waals surface area contributed by atoms with Crippen LogP contribution >= 0.6 is 0 Å². The summed E-state index contributed by atoms with van der Waals surface area (Å²) in [7, 11) is 1.56. The van der Waals surface area contributed by atoms with Crippen LogP contribution in [0.5, 0.6) is 5.75 Å². The van der Waals surface area contributed by atoms with Crippen molar-refractivity contribution in [3.8, 4) is 5.75 Å². The molecule has 2 rings (SSSR count). The Bertz CT molecular complexity index is 552. The molecule has 0 aliphatic carbocycles. The van der Waals surface area contributed by atoms with Gasteiger partial charge in [-0.1, -0.05) is 12.1 Å². The predicted molar refractivity (Wildman–Crippen MR) is 93.0 cm³/mol. The van der Waals surface area contributed by atoms with Gasteiger partial charge in [-0.25, -0.2) is 0 Å². The minimum Gasteiger partial charge on any atom is -0.497 e. The van der Waals surface area contributed by atoms with Crippen LogP contribution < -0.4 is 4.74 Å². The van der Waals surface area contributed by atoms with E-state index in [4.69, 9.17) is 19.3 Å². The summed E-state index contributed by atoms with van der Waals surface area (Å²) in [6.07, 6.45) is -9.34. The molecule has 0 amide bonds. The molecule has 9 nitrogen and oxygen atoms in total. The van der Waals surface area contributed by atoms with Crippen LogP contribution in [0, 0.1) is 0 Å². The summed E-state index contributed by atoms with van der Waals surface area (Å²) in [5.41, 5.74) is 0.841. The summed E-state index contributed by atoms with van der Waals surface area (Å²) in [4.78, 5) is 0. The minimum absolute atomic E-state index is 0.101. The molecule has 154 valence electrons. The monoisotopic (exact) mass is 388 g/mol. The highest BCUT2D eigenvalue weighted by Crippen LogP contribution is 2.26. The van der Waals surface area contributed by atoms with Gasteiger partial charge in [-0.05, 0) is 17.7 Å². The van der Waals surface area contributed by atoms with Crippen LogP contribution in [0.2, 0.25) is 0 Å². The first-order valence-electron chi connectivity index (χ1n) is 8.74. The zero-order valence-electron chi connectivity index (χ0n) is 15.1. The summed E-state index contributed by atoms with van der Waals surface area (Å²) >= 11 is 0. The molecule has 1 heterocycles. The second-order valence-electron chi connectivity index (χ2n) is 6.60. The zero-order chi connectivity index (χ0) is 20.0. The lowest BCUT2D eigenvalue weighted by Gasteiger charge is -2.41. The Kier molecular flexibility index (Phi) is 8.39. The van der Waals surface area contributed by atoms with Crippen LogP contribution in [0.3, 0.4) is 0 Å². The molecule has 7 atom stereocenters. The molecule has 0 unspecified atom stereocenters. The number of benzene rings is 1. The molecule has 27 heavy (non-hydrogen) atoms. The summed E-state index contributed by atoms with van der Waals surface area (Å²) < 4.78 is 15.8. The van der Waals surface area contributed by atoms with Crippen molar-refractivity contribution in [2.75, 3.05) is 20.3 Å². The van der Waals surface area contributed by atoms with Crippen molar-refractivity contribution in [2.24, 2.45) is 0 Å². The zero-order valence-corrected chi connectivity index (χ0v) is 15.1. The molecular weight excluding hydrogens is 360 g/mol. The molecule has 6 N–H and O–H groups in total. The van der Waals surface area contributed by atoms with Gasteiger partial charge in [-0.15, -0.1) is 0 Å². The highest BCUT2D eigenvalue weighted by molar-refractivity contribution is 5.26. The number of aliphatic hydroxyl groups excluding tert-OH is 6. The Morgan fingerprint density at radius 3 is 2.41 bits per heavy atom. The van der Waals surface area contributed by atoms with Gasteiger partial charge in [-0.2, -0.15) is 0 Å². The number of methoxy groups -OCH3 is 1. The molecule has 0 saturated carbocycles. The lowest BCUT2D eigenvalue weighted by atomic mass is 9.91. The van der Waals surface area contributed by atoms with Crippen molar-refractivity contribution in [3.63, 3.8) is 0 Å². The third-order valence-corrected chi connectivity index (χ3v) is 4.60. The molecule has 9 heteroatoms. The summed E-state index contributed by atoms with van der Waals surface area (Å²) in [6.45, 7) is -0.636. The molecule has 1 aliphatic heterocycles. The SMILES string of the molecule is COc1ccc(COC[C@@H](O)[C@H](O)[C@@H]2O[C@@H]([C@H](O)CO)C[C@@H](O)[C@H]2O)cc1. The molecular formula is C18H28O9. The van der Waals surface area contributed by atoms with Crippen molar-refractivity contribution in [3.05, 3.63) is 29.8 Å². The quantitative estimate of drug-likeness (QED) is 0.287. The van der Waals surface area contributed by atoms with E-state index in [1.807, 2.05) is 0 Å². The first-order chi connectivity index (χ1) is 12.9. The average molecular weight is 388 g/mol. The minimum atomic E-state index is -1.56. The fraction of sp³-hybridized carbons (Fsp3) is 0.667. The van der Waals surface area contributed by atoms with E-state index in [9.17, 15) is 25.5 Å². The van der Waals surface area contributed by atoms with Gasteiger partial charge in [0.1, 0.15) is 36.3 Å². The van der Waals surface area contributed by atoms with E-state index in [2.05, 4.69) is 0 Å². The fourth-order valence-corrected chi connectivity index (χ4v) is 2.92. The van der Waals surface area contributed by atoms with Gasteiger partial charge in [0, 0.05) is 6.42 Å². The molecule has 0 spiro atoms. The largest absolute Gasteiger partial charge is 0.497 e. The Balaban J connectivity index is 1.87. The maximum Gasteiger partial charge on any atom is 0.118 e. The maximum absolute atomic E-state index is 10.3. The van der Waals surface area contributed by atoms with Gasteiger partial charge in [0.05, 0.1) is 39.1 Å². The van der Waals surface area contributed by atoms with Gasteiger partial charge in [0.25, 0.3) is 0 Å². The van der Waals surface area contributed by atoms with Crippen molar-refractivity contribution in [1.29, 1.82) is 0 Å². The normalized spacial score (nSPS) is 29.1. The number of hydrogen-bond donors (Lipinski definition) is 6. The van der Waals surface area contributed by atoms with Crippen LogP contribution in [0.4, 0.5) is 0 Å². The average Bonchev–Trinajstić information content (AvgIpc) is 2.69. The third-order valence-electron chi connectivity index (χ3n) is 4.60. The van der Waals surface area contributed by atoms with E-state index >= 15 is 0 Å². The molecule has 1 fully saturated rings. The summed E-state index contributed by atoms with van der Waals surface area (Å²) in [6, 6.07) is 7.13. The van der Waals surface area contributed by atoms with Crippen molar-refractivity contribution >= 4 is 0 Å². The van der Waals surface area contributed by atoms with Crippen molar-refractivity contribution < 1.29 is 44.8 Å². The van der Waals surface area contributed by atoms with E-state index in [-0.39, 0.29) is 19.6 Å². The van der Waals surface area contributed by atoms with Gasteiger partial charge in [0.15, 0.2) is 0 Å². The van der Waals surface area contributed by atoms with Crippen LogP contribution in [-0.4, -0.2) is 93.7 Å². The van der Waals surface area contributed by atoms with E-state index in [0.717, 1.165) is 5.56 Å². The van der Waals surface area contributed by atoms with Crippen LogP contribution in [-0.2, 0) is 16.1 Å². The van der Waals surface area contributed by atoms with E-state index in [1.54, 1.807) is 31.4 Å². The van der Waals surface area contributed by atoms with E-state index in [0.29, 0.717) is 5.75 Å². The lowest BCUT2D eigenvalue weighted by Crippen LogP contribution is -2.58. The number of ether oxygens (including phenoxy) is 3. The Morgan fingerprint density at radius 2 is 1.81 bits per heavy atom. The van der Waals surface area contributed by atoms with Crippen LogP contribution in [0.25, 0.3) is 0 Å². The van der Waals surface area contributed by atoms with Gasteiger partial charge in [-0.3, -0.25) is 0 Å². The second kappa shape index (κ2) is 10.3. The van der Waals surface area contributed by atoms with Crippen LogP contribution in [0.15, 0.2) is 24.3 Å². The smallest absolute Gasteiger partial charge is 0.118 e. The molecule has 1 aromatic rings. The highest BCUT2D eigenvalue weighted by atomic mass is 16.5. The molecule has 1 aromatic carbocycles. The fourth-order valence-electron chi connectivity index (χ4n) is 2.92. The van der Waals surface area contributed by atoms with Crippen LogP contribution in [0.1, 0.15) is 12.0 Å². The van der Waals surface area contributed by atoms with Crippen molar-refractivity contribution in [2.45, 2.75) is 55.8 Å². The van der Waals surface area contributed by atoms with E-state index in [1.165, 1.54) is 0 Å². The Morgan fingerprint density at radius 1 is 1.15 bits per heavy atom. The van der Waals surface area contributed by atoms with Gasteiger partial charge >= 0.3 is 0 Å². The first kappa shape index (κ1) is 22.0. The summed E-state index contributed by atoms with van der Waals surface area (Å²) in [5.74, 6) is 0.704. The van der Waals surface area contributed by atoms with Gasteiger partial charge < -0.3 is 44.8 Å². The number of rotatable bonds is 9. The van der Waals surface area contributed by atoms with Gasteiger partial charge in [0.2, 0.25) is 0 Å². The predicted octanol–water partition coefficient (Wildman–Crippen LogP) is -1.83. The summed E-state index contributed by atoms with van der Waals surface area (Å²) in [5, 5.41) is 59.1. The Hall–Kier alpha value is -1.30. The standard InChI is InChI=1S/C18H28O9/c1-25-11-4-2-10(3-5-11)8-26-9-14(22)17(24)18-16(23)12(20)6-15(27-18)13(21)7-19/h2-5,12-24H,6-9H2,1H3/t12-,13-,14-,15-,16-,17+,18-/m1/s1. The topological polar surface area (TPSA) is 149 Å². The molecule has 1 saturated heterocycles. The highest BCUT2D eigenvalue weighted by Gasteiger charge is 2.44. The third kappa shape index (κ3) is 5.84. The number of aliphatic hydroxyl groups is 6.